The van der Waals surface area contributed by atoms with E-state index in [1.165, 1.54) is 0 Å². The smallest absolute Gasteiger partial charge is 0.323 e. The van der Waals surface area contributed by atoms with Crippen LogP contribution in [0.3, 0.4) is 0 Å². The third-order valence-electron chi connectivity index (χ3n) is 1.71. The molecule has 2 N–H and O–H groups in total. The van der Waals surface area contributed by atoms with Gasteiger partial charge >= 0.3 is 5.69 Å². The number of halogens is 1. The van der Waals surface area contributed by atoms with Crippen LogP contribution in [0.4, 0.5) is 0 Å². The summed E-state index contributed by atoms with van der Waals surface area (Å²) in [5, 5.41) is 0.618. The van der Waals surface area contributed by atoms with E-state index in [4.69, 9.17) is 11.6 Å². The lowest BCUT2D eigenvalue weighted by atomic mass is 10.3. The third-order valence-corrected chi connectivity index (χ3v) is 1.95. The molecule has 0 amide bonds. The Bertz CT molecular complexity index is 518. The quantitative estimate of drug-likeness (QED) is 0.787. The van der Waals surface area contributed by atoms with Gasteiger partial charge in [-0.1, -0.05) is 11.6 Å². The minimum absolute atomic E-state index is 0.206. The molecule has 0 fully saturated rings. The number of carbonyl (C=O) groups excluding carboxylic acids is 1. The Morgan fingerprint density at radius 1 is 1.38 bits per heavy atom. The van der Waals surface area contributed by atoms with Crippen molar-refractivity contribution < 1.29 is 9.53 Å². The van der Waals surface area contributed by atoms with Crippen molar-refractivity contribution in [1.82, 2.24) is 9.97 Å². The fourth-order valence-corrected chi connectivity index (χ4v) is 1.24. The summed E-state index contributed by atoms with van der Waals surface area (Å²) in [4.78, 5) is 25.1. The van der Waals surface area contributed by atoms with Gasteiger partial charge in [0.1, 0.15) is 0 Å². The standard InChI is InChI=1S/C7H5ClN2O.C3H6O2/c8-4-1-2-5-6(3-4)10-7(11)9-5;1-2-5-3-4/h1-3H,(H2,9,10,11);3H,2H2,1H3. The number of benzene rings is 1. The summed E-state index contributed by atoms with van der Waals surface area (Å²) in [5.41, 5.74) is 1.31. The van der Waals surface area contributed by atoms with Crippen molar-refractivity contribution in [3.63, 3.8) is 0 Å². The van der Waals surface area contributed by atoms with Crippen LogP contribution in [0, 0.1) is 0 Å². The molecule has 86 valence electrons. The zero-order valence-electron chi connectivity index (χ0n) is 8.62. The molecule has 0 aliphatic rings. The molecular formula is C10H11ClN2O3. The highest BCUT2D eigenvalue weighted by Crippen LogP contribution is 2.13. The van der Waals surface area contributed by atoms with Crippen molar-refractivity contribution in [2.24, 2.45) is 0 Å². The minimum Gasteiger partial charge on any atom is -0.468 e. The first-order valence-electron chi connectivity index (χ1n) is 4.60. The largest absolute Gasteiger partial charge is 0.468 e. The first kappa shape index (κ1) is 12.3. The zero-order valence-corrected chi connectivity index (χ0v) is 9.38. The van der Waals surface area contributed by atoms with Crippen LogP contribution >= 0.6 is 11.6 Å². The molecule has 0 radical (unpaired) electrons. The summed E-state index contributed by atoms with van der Waals surface area (Å²) >= 11 is 5.69. The molecule has 16 heavy (non-hydrogen) atoms. The van der Waals surface area contributed by atoms with Crippen molar-refractivity contribution in [1.29, 1.82) is 0 Å². The first-order chi connectivity index (χ1) is 7.67. The second-order valence-electron chi connectivity index (χ2n) is 2.82. The number of aromatic nitrogens is 2. The number of carbonyl (C=O) groups is 1. The maximum atomic E-state index is 10.7. The van der Waals surface area contributed by atoms with E-state index in [1.807, 2.05) is 0 Å². The van der Waals surface area contributed by atoms with Crippen LogP contribution in [0.1, 0.15) is 6.92 Å². The minimum atomic E-state index is -0.206. The molecule has 0 spiro atoms. The molecule has 1 aromatic heterocycles. The van der Waals surface area contributed by atoms with Crippen molar-refractivity contribution in [2.75, 3.05) is 6.61 Å². The molecule has 0 unspecified atom stereocenters. The molecule has 2 aromatic rings. The normalized spacial score (nSPS) is 9.38. The van der Waals surface area contributed by atoms with E-state index in [-0.39, 0.29) is 5.69 Å². The Hall–Kier alpha value is -1.75. The highest BCUT2D eigenvalue weighted by Gasteiger charge is 1.96. The summed E-state index contributed by atoms with van der Waals surface area (Å²) < 4.78 is 4.15. The Kier molecular flexibility index (Phi) is 4.60. The van der Waals surface area contributed by atoms with Crippen LogP contribution in [0.2, 0.25) is 5.02 Å². The lowest BCUT2D eigenvalue weighted by molar-refractivity contribution is -0.128. The van der Waals surface area contributed by atoms with Crippen molar-refractivity contribution >= 4 is 29.1 Å². The molecule has 0 saturated heterocycles. The molecule has 5 nitrogen and oxygen atoms in total. The number of H-pyrrole nitrogens is 2. The summed E-state index contributed by atoms with van der Waals surface area (Å²) in [6, 6.07) is 5.19. The van der Waals surface area contributed by atoms with Crippen LogP contribution in [0.5, 0.6) is 0 Å². The molecule has 0 aliphatic heterocycles. The molecule has 2 rings (SSSR count). The number of ether oxygens (including phenoxy) is 1. The van der Waals surface area contributed by atoms with Crippen LogP contribution in [-0.2, 0) is 9.53 Å². The number of nitrogens with one attached hydrogen (secondary N) is 2. The van der Waals surface area contributed by atoms with Gasteiger partial charge in [0.25, 0.3) is 6.47 Å². The van der Waals surface area contributed by atoms with Gasteiger partial charge < -0.3 is 14.7 Å². The summed E-state index contributed by atoms with van der Waals surface area (Å²) in [6.07, 6.45) is 0. The zero-order chi connectivity index (χ0) is 12.0. The Morgan fingerprint density at radius 2 is 2.06 bits per heavy atom. The molecule has 1 aromatic carbocycles. The third kappa shape index (κ3) is 3.43. The van der Waals surface area contributed by atoms with Crippen molar-refractivity contribution in [3.05, 3.63) is 33.7 Å². The number of rotatable bonds is 2. The Labute approximate surface area is 96.4 Å². The molecule has 0 saturated carbocycles. The van der Waals surface area contributed by atoms with Gasteiger partial charge in [0, 0.05) is 5.02 Å². The predicted molar refractivity (Wildman–Crippen MR) is 61.6 cm³/mol. The molecular weight excluding hydrogens is 232 g/mol. The number of fused-ring (bicyclic) bond motifs is 1. The predicted octanol–water partition coefficient (Wildman–Crippen LogP) is 1.69. The second-order valence-corrected chi connectivity index (χ2v) is 3.26. The van der Waals surface area contributed by atoms with Crippen LogP contribution in [-0.4, -0.2) is 23.0 Å². The Balaban J connectivity index is 0.000000221. The fraction of sp³-hybridized carbons (Fsp3) is 0.200. The number of hydrogen-bond donors (Lipinski definition) is 2. The van der Waals surface area contributed by atoms with Crippen LogP contribution in [0.25, 0.3) is 11.0 Å². The first-order valence-corrected chi connectivity index (χ1v) is 4.98. The molecule has 6 heteroatoms. The molecule has 0 bridgehead atoms. The molecule has 1 heterocycles. The van der Waals surface area contributed by atoms with Gasteiger partial charge in [0.2, 0.25) is 0 Å². The topological polar surface area (TPSA) is 75.0 Å². The van der Waals surface area contributed by atoms with E-state index in [9.17, 15) is 9.59 Å². The van der Waals surface area contributed by atoms with Crippen LogP contribution < -0.4 is 5.69 Å². The van der Waals surface area contributed by atoms with Gasteiger partial charge in [-0.15, -0.1) is 0 Å². The molecule has 0 atom stereocenters. The highest BCUT2D eigenvalue weighted by atomic mass is 35.5. The monoisotopic (exact) mass is 242 g/mol. The number of imidazole rings is 1. The lowest BCUT2D eigenvalue weighted by Gasteiger charge is -1.87. The summed E-state index contributed by atoms with van der Waals surface area (Å²) in [6.45, 7) is 2.66. The summed E-state index contributed by atoms with van der Waals surface area (Å²) in [7, 11) is 0. The SMILES string of the molecule is CCOC=O.O=c1[nH]c2ccc(Cl)cc2[nH]1. The van der Waals surface area contributed by atoms with Gasteiger partial charge in [-0.3, -0.25) is 4.79 Å². The Morgan fingerprint density at radius 3 is 2.62 bits per heavy atom. The van der Waals surface area contributed by atoms with Gasteiger partial charge in [-0.05, 0) is 25.1 Å². The number of aromatic amines is 2. The second kappa shape index (κ2) is 5.97. The van der Waals surface area contributed by atoms with E-state index in [0.29, 0.717) is 18.1 Å². The summed E-state index contributed by atoms with van der Waals surface area (Å²) in [5.74, 6) is 0. The van der Waals surface area contributed by atoms with Crippen LogP contribution in [0.15, 0.2) is 23.0 Å². The fourth-order valence-electron chi connectivity index (χ4n) is 1.07. The van der Waals surface area contributed by atoms with Gasteiger partial charge in [-0.2, -0.15) is 0 Å². The van der Waals surface area contributed by atoms with E-state index >= 15 is 0 Å². The highest BCUT2D eigenvalue weighted by molar-refractivity contribution is 6.31. The van der Waals surface area contributed by atoms with Crippen molar-refractivity contribution in [2.45, 2.75) is 6.92 Å². The average molecular weight is 243 g/mol. The van der Waals surface area contributed by atoms with E-state index < -0.39 is 0 Å². The van der Waals surface area contributed by atoms with Gasteiger partial charge in [0.15, 0.2) is 0 Å². The average Bonchev–Trinajstić information content (AvgIpc) is 2.59. The van der Waals surface area contributed by atoms with E-state index in [1.54, 1.807) is 25.1 Å². The van der Waals surface area contributed by atoms with E-state index in [0.717, 1.165) is 11.0 Å². The molecule has 0 aliphatic carbocycles. The maximum Gasteiger partial charge on any atom is 0.323 e. The maximum absolute atomic E-state index is 10.7. The lowest BCUT2D eigenvalue weighted by Crippen LogP contribution is -1.99. The number of hydrogen-bond acceptors (Lipinski definition) is 3. The van der Waals surface area contributed by atoms with E-state index in [2.05, 4.69) is 14.7 Å². The van der Waals surface area contributed by atoms with Gasteiger partial charge in [0.05, 0.1) is 17.6 Å². The van der Waals surface area contributed by atoms with Gasteiger partial charge in [-0.25, -0.2) is 4.79 Å². The van der Waals surface area contributed by atoms with Crippen molar-refractivity contribution in [3.8, 4) is 0 Å².